The summed E-state index contributed by atoms with van der Waals surface area (Å²) in [6.45, 7) is 6.40. The van der Waals surface area contributed by atoms with Gasteiger partial charge in [0.1, 0.15) is 5.75 Å². The van der Waals surface area contributed by atoms with Gasteiger partial charge in [0.15, 0.2) is 0 Å². The molecule has 0 saturated heterocycles. The Morgan fingerprint density at radius 1 is 1.15 bits per heavy atom. The lowest BCUT2D eigenvalue weighted by Crippen LogP contribution is -2.43. The maximum atomic E-state index is 13.0. The molecular weight excluding hydrogens is 544 g/mol. The molecule has 1 amide bonds. The molecule has 1 aliphatic heterocycles. The van der Waals surface area contributed by atoms with Gasteiger partial charge in [0.25, 0.3) is 5.91 Å². The first-order valence-electron chi connectivity index (χ1n) is 14.5. The number of hydrogen-bond acceptors (Lipinski definition) is 5. The third-order valence-corrected chi connectivity index (χ3v) is 9.67. The van der Waals surface area contributed by atoms with Gasteiger partial charge in [0.05, 0.1) is 18.4 Å². The maximum Gasteiger partial charge on any atom is 0.284 e. The van der Waals surface area contributed by atoms with Gasteiger partial charge in [-0.05, 0) is 99.1 Å². The van der Waals surface area contributed by atoms with Crippen molar-refractivity contribution in [2.24, 2.45) is 22.1 Å². The number of allylic oxidation sites excluding steroid dienone is 1. The molecule has 5 atom stereocenters. The SMILES string of the molecule is CCN1C[C@@H]2CC[C@H]2[C@@H](OC)/C=C/C[C@H](C)C/[SH](=O)=N\C(=O)c2ccc(OCCCCc3cccc(Cl)c3)c1c2. The van der Waals surface area contributed by atoms with Gasteiger partial charge >= 0.3 is 0 Å². The van der Waals surface area contributed by atoms with Crippen LogP contribution in [0.1, 0.15) is 61.9 Å². The number of methoxy groups -OCH3 is 1. The predicted molar refractivity (Wildman–Crippen MR) is 165 cm³/mol. The number of ether oxygens (including phenoxy) is 2. The number of fused-ring (bicyclic) bond motifs is 3. The van der Waals surface area contributed by atoms with E-state index in [9.17, 15) is 9.00 Å². The molecule has 2 aromatic rings. The zero-order valence-corrected chi connectivity index (χ0v) is 25.6. The van der Waals surface area contributed by atoms with E-state index in [4.69, 9.17) is 21.1 Å². The molecule has 2 aliphatic rings. The van der Waals surface area contributed by atoms with Gasteiger partial charge in [-0.25, -0.2) is 0 Å². The molecular formula is C32H43ClN2O4S. The summed E-state index contributed by atoms with van der Waals surface area (Å²) in [5.74, 6) is 1.83. The van der Waals surface area contributed by atoms with Crippen LogP contribution >= 0.6 is 11.6 Å². The standard InChI is InChI=1S/C32H43ClN2O4S/c1-4-35-21-26-14-16-28(26)30(38-3)13-7-9-23(2)22-40(37)34-32(36)25-15-17-31(29(35)20-25)39-18-6-5-10-24-11-8-12-27(33)19-24/h7-8,11-13,15,17,19-20,23,26,28,30,40H,4-6,9-10,14,16,18,21-22H2,1-3H3/b13-7+/t23-,26-,28+,30-/m0/s1. The van der Waals surface area contributed by atoms with Crippen LogP contribution in [0.25, 0.3) is 0 Å². The first kappa shape index (κ1) is 30.6. The third kappa shape index (κ3) is 8.34. The summed E-state index contributed by atoms with van der Waals surface area (Å²) in [4.78, 5) is 15.3. The fraction of sp³-hybridized carbons (Fsp3) is 0.531. The highest BCUT2D eigenvalue weighted by Crippen LogP contribution is 2.41. The number of benzene rings is 2. The highest BCUT2D eigenvalue weighted by Gasteiger charge is 2.37. The van der Waals surface area contributed by atoms with Crippen molar-refractivity contribution in [2.75, 3.05) is 37.5 Å². The first-order chi connectivity index (χ1) is 19.4. The van der Waals surface area contributed by atoms with Crippen molar-refractivity contribution in [3.05, 3.63) is 70.8 Å². The minimum Gasteiger partial charge on any atom is -0.491 e. The molecule has 0 radical (unpaired) electrons. The molecule has 4 rings (SSSR count). The van der Waals surface area contributed by atoms with Crippen molar-refractivity contribution in [1.82, 2.24) is 0 Å². The minimum atomic E-state index is -1.98. The number of anilines is 1. The van der Waals surface area contributed by atoms with Gasteiger partial charge < -0.3 is 14.4 Å². The van der Waals surface area contributed by atoms with E-state index < -0.39 is 16.5 Å². The Morgan fingerprint density at radius 2 is 2.00 bits per heavy atom. The number of carbonyl (C=O) groups excluding carboxylic acids is 1. The van der Waals surface area contributed by atoms with Crippen LogP contribution < -0.4 is 9.64 Å². The number of thiol groups is 1. The quantitative estimate of drug-likeness (QED) is 0.205. The third-order valence-electron chi connectivity index (χ3n) is 8.09. The second-order valence-corrected chi connectivity index (χ2v) is 12.8. The lowest BCUT2D eigenvalue weighted by Gasteiger charge is -2.43. The van der Waals surface area contributed by atoms with Crippen LogP contribution in [0, 0.1) is 17.8 Å². The molecule has 1 unspecified atom stereocenters. The number of halogens is 1. The summed E-state index contributed by atoms with van der Waals surface area (Å²) in [5.41, 5.74) is 2.57. The van der Waals surface area contributed by atoms with Crippen LogP contribution in [-0.2, 0) is 21.8 Å². The number of carbonyl (C=O) groups is 1. The molecule has 1 aliphatic carbocycles. The molecule has 218 valence electrons. The Hall–Kier alpha value is -2.35. The van der Waals surface area contributed by atoms with E-state index in [2.05, 4.69) is 34.4 Å². The molecule has 1 heterocycles. The van der Waals surface area contributed by atoms with E-state index in [1.165, 1.54) is 5.56 Å². The highest BCUT2D eigenvalue weighted by molar-refractivity contribution is 7.75. The average Bonchev–Trinajstić information content (AvgIpc) is 2.91. The van der Waals surface area contributed by atoms with Gasteiger partial charge in [-0.3, -0.25) is 9.00 Å². The van der Waals surface area contributed by atoms with Gasteiger partial charge in [-0.1, -0.05) is 42.8 Å². The van der Waals surface area contributed by atoms with Crippen LogP contribution in [0.3, 0.4) is 0 Å². The Balaban J connectivity index is 1.54. The van der Waals surface area contributed by atoms with Crippen molar-refractivity contribution in [3.63, 3.8) is 0 Å². The Labute approximate surface area is 246 Å². The average molecular weight is 587 g/mol. The number of unbranched alkanes of at least 4 members (excludes halogenated alkanes) is 1. The summed E-state index contributed by atoms with van der Waals surface area (Å²) >= 11 is 6.12. The molecule has 1 saturated carbocycles. The zero-order valence-electron chi connectivity index (χ0n) is 23.9. The first-order valence-corrected chi connectivity index (χ1v) is 16.3. The van der Waals surface area contributed by atoms with Crippen LogP contribution in [0.4, 0.5) is 5.69 Å². The van der Waals surface area contributed by atoms with Gasteiger partial charge in [-0.2, -0.15) is 4.36 Å². The highest BCUT2D eigenvalue weighted by atomic mass is 35.5. The van der Waals surface area contributed by atoms with E-state index >= 15 is 0 Å². The molecule has 0 spiro atoms. The van der Waals surface area contributed by atoms with Crippen molar-refractivity contribution in [3.8, 4) is 5.75 Å². The molecule has 1 fully saturated rings. The van der Waals surface area contributed by atoms with Crippen molar-refractivity contribution in [1.29, 1.82) is 0 Å². The van der Waals surface area contributed by atoms with Crippen LogP contribution in [0.2, 0.25) is 5.02 Å². The Kier molecular flexibility index (Phi) is 11.5. The lowest BCUT2D eigenvalue weighted by molar-refractivity contribution is 0.0135. The second-order valence-electron chi connectivity index (χ2n) is 11.1. The summed E-state index contributed by atoms with van der Waals surface area (Å²) in [6.07, 6.45) is 10.3. The largest absolute Gasteiger partial charge is 0.491 e. The fourth-order valence-corrected chi connectivity index (χ4v) is 6.94. The normalized spacial score (nSPS) is 26.8. The van der Waals surface area contributed by atoms with Crippen LogP contribution in [-0.4, -0.2) is 48.8 Å². The second kappa shape index (κ2) is 15.0. The fourth-order valence-electron chi connectivity index (χ4n) is 5.64. The topological polar surface area (TPSA) is 68.2 Å². The molecule has 2 aromatic carbocycles. The summed E-state index contributed by atoms with van der Waals surface area (Å²) in [6, 6.07) is 13.5. The van der Waals surface area contributed by atoms with E-state index in [1.807, 2.05) is 37.3 Å². The summed E-state index contributed by atoms with van der Waals surface area (Å²) < 4.78 is 29.0. The molecule has 0 aromatic heterocycles. The Morgan fingerprint density at radius 3 is 2.73 bits per heavy atom. The molecule has 40 heavy (non-hydrogen) atoms. The molecule has 6 nitrogen and oxygen atoms in total. The zero-order chi connectivity index (χ0) is 28.5. The Bertz CT molecular complexity index is 1260. The van der Waals surface area contributed by atoms with Gasteiger partial charge in [0.2, 0.25) is 0 Å². The molecule has 2 bridgehead atoms. The van der Waals surface area contributed by atoms with Gasteiger partial charge in [0, 0.05) is 47.1 Å². The number of hydrogen-bond donors (Lipinski definition) is 1. The van der Waals surface area contributed by atoms with E-state index in [-0.39, 0.29) is 12.0 Å². The van der Waals surface area contributed by atoms with E-state index in [1.54, 1.807) is 13.2 Å². The van der Waals surface area contributed by atoms with Crippen molar-refractivity contribution >= 4 is 33.8 Å². The molecule has 8 heteroatoms. The smallest absolute Gasteiger partial charge is 0.284 e. The van der Waals surface area contributed by atoms with Gasteiger partial charge in [-0.15, -0.1) is 0 Å². The monoisotopic (exact) mass is 586 g/mol. The summed E-state index contributed by atoms with van der Waals surface area (Å²) in [5, 5.41) is 0.761. The number of aryl methyl sites for hydroxylation is 1. The number of amides is 1. The predicted octanol–water partition coefficient (Wildman–Crippen LogP) is 7.01. The van der Waals surface area contributed by atoms with Crippen molar-refractivity contribution in [2.45, 2.75) is 58.5 Å². The molecule has 0 N–H and O–H groups in total. The minimum absolute atomic E-state index is 0.0686. The number of nitrogens with zero attached hydrogens (tertiary/aromatic N) is 2. The lowest BCUT2D eigenvalue weighted by atomic mass is 9.70. The summed E-state index contributed by atoms with van der Waals surface area (Å²) in [7, 11) is -0.192. The van der Waals surface area contributed by atoms with Crippen LogP contribution in [0.15, 0.2) is 59.0 Å². The van der Waals surface area contributed by atoms with Crippen molar-refractivity contribution < 1.29 is 18.5 Å². The van der Waals surface area contributed by atoms with E-state index in [0.29, 0.717) is 29.8 Å². The maximum absolute atomic E-state index is 13.0. The van der Waals surface area contributed by atoms with Crippen LogP contribution in [0.5, 0.6) is 5.75 Å². The van der Waals surface area contributed by atoms with E-state index in [0.717, 1.165) is 68.1 Å². The number of rotatable bonds is 8.